The van der Waals surface area contributed by atoms with Crippen LogP contribution in [0.25, 0.3) is 0 Å². The van der Waals surface area contributed by atoms with Crippen molar-refractivity contribution in [2.45, 2.75) is 44.6 Å². The normalized spacial score (nSPS) is 18.5. The van der Waals surface area contributed by atoms with E-state index in [0.29, 0.717) is 6.54 Å². The van der Waals surface area contributed by atoms with Gasteiger partial charge in [-0.15, -0.1) is 0 Å². The molecule has 0 aromatic rings. The molecule has 0 unspecified atom stereocenters. The fourth-order valence-corrected chi connectivity index (χ4v) is 2.62. The highest BCUT2D eigenvalue weighted by Gasteiger charge is 2.40. The van der Waals surface area contributed by atoms with E-state index in [2.05, 4.69) is 6.92 Å². The van der Waals surface area contributed by atoms with E-state index in [4.69, 9.17) is 5.73 Å². The van der Waals surface area contributed by atoms with E-state index in [1.807, 2.05) is 19.0 Å². The highest BCUT2D eigenvalue weighted by molar-refractivity contribution is 5.74. The molecule has 0 heterocycles. The Morgan fingerprint density at radius 1 is 1.31 bits per heavy atom. The van der Waals surface area contributed by atoms with E-state index < -0.39 is 0 Å². The van der Waals surface area contributed by atoms with Gasteiger partial charge in [0.15, 0.2) is 0 Å². The third-order valence-corrected chi connectivity index (χ3v) is 3.55. The maximum absolute atomic E-state index is 12.2. The number of carbonyl (C=O) groups excluding carboxylic acids is 1. The molecule has 94 valence electrons. The van der Waals surface area contributed by atoms with E-state index in [0.717, 1.165) is 25.8 Å². The van der Waals surface area contributed by atoms with Gasteiger partial charge in [0.25, 0.3) is 0 Å². The number of hydrogen-bond acceptors (Lipinski definition) is 2. The summed E-state index contributed by atoms with van der Waals surface area (Å²) in [5.41, 5.74) is 5.85. The lowest BCUT2D eigenvalue weighted by molar-refractivity contribution is 0.100. The Balaban J connectivity index is 2.86. The molecule has 2 amide bonds. The highest BCUT2D eigenvalue weighted by Crippen LogP contribution is 2.35. The molecule has 1 rings (SSSR count). The summed E-state index contributed by atoms with van der Waals surface area (Å²) in [5.74, 6) is 0. The Morgan fingerprint density at radius 3 is 2.25 bits per heavy atom. The van der Waals surface area contributed by atoms with Crippen molar-refractivity contribution in [3.8, 4) is 0 Å². The van der Waals surface area contributed by atoms with Crippen LogP contribution >= 0.6 is 0 Å². The first kappa shape index (κ1) is 13.3. The zero-order chi connectivity index (χ0) is 12.2. The molecule has 1 aliphatic rings. The molecule has 0 spiro atoms. The van der Waals surface area contributed by atoms with Crippen LogP contribution in [0.5, 0.6) is 0 Å². The molecule has 1 saturated carbocycles. The van der Waals surface area contributed by atoms with Crippen molar-refractivity contribution in [2.75, 3.05) is 27.2 Å². The summed E-state index contributed by atoms with van der Waals surface area (Å²) in [6.07, 6.45) is 5.49. The average molecular weight is 227 g/mol. The number of nitrogens with zero attached hydrogens (tertiary/aromatic N) is 2. The molecule has 0 bridgehead atoms. The van der Waals surface area contributed by atoms with Crippen molar-refractivity contribution in [3.05, 3.63) is 0 Å². The number of amides is 2. The summed E-state index contributed by atoms with van der Waals surface area (Å²) in [7, 11) is 3.62. The van der Waals surface area contributed by atoms with Gasteiger partial charge in [0.1, 0.15) is 0 Å². The average Bonchev–Trinajstić information content (AvgIpc) is 2.74. The fraction of sp³-hybridized carbons (Fsp3) is 0.917. The van der Waals surface area contributed by atoms with Gasteiger partial charge in [-0.05, 0) is 19.3 Å². The number of hydrogen-bond donors (Lipinski definition) is 1. The van der Waals surface area contributed by atoms with Crippen LogP contribution in [0, 0.1) is 0 Å². The van der Waals surface area contributed by atoms with Gasteiger partial charge in [-0.3, -0.25) is 0 Å². The van der Waals surface area contributed by atoms with Crippen LogP contribution in [0.2, 0.25) is 0 Å². The SMILES string of the molecule is CCCN(C(=O)N(C)C)C1(CN)CCCC1. The van der Waals surface area contributed by atoms with E-state index in [1.165, 1.54) is 12.8 Å². The van der Waals surface area contributed by atoms with Crippen LogP contribution in [0.4, 0.5) is 4.79 Å². The predicted octanol–water partition coefficient (Wildman–Crippen LogP) is 1.65. The van der Waals surface area contributed by atoms with Crippen molar-refractivity contribution in [1.29, 1.82) is 0 Å². The standard InChI is InChI=1S/C12H25N3O/c1-4-9-15(11(16)14(2)3)12(10-13)7-5-6-8-12/h4-10,13H2,1-3H3. The van der Waals surface area contributed by atoms with Crippen molar-refractivity contribution in [2.24, 2.45) is 5.73 Å². The first-order valence-corrected chi connectivity index (χ1v) is 6.26. The van der Waals surface area contributed by atoms with E-state index in [9.17, 15) is 4.79 Å². The van der Waals surface area contributed by atoms with Crippen LogP contribution in [-0.2, 0) is 0 Å². The molecule has 16 heavy (non-hydrogen) atoms. The van der Waals surface area contributed by atoms with Gasteiger partial charge < -0.3 is 15.5 Å². The number of rotatable bonds is 4. The van der Waals surface area contributed by atoms with Crippen LogP contribution in [-0.4, -0.2) is 48.6 Å². The summed E-state index contributed by atoms with van der Waals surface area (Å²) in [4.78, 5) is 15.8. The summed E-state index contributed by atoms with van der Waals surface area (Å²) in [6.45, 7) is 3.51. The molecule has 0 aromatic carbocycles. The maximum Gasteiger partial charge on any atom is 0.319 e. The zero-order valence-corrected chi connectivity index (χ0v) is 10.8. The summed E-state index contributed by atoms with van der Waals surface area (Å²) < 4.78 is 0. The third kappa shape index (κ3) is 2.48. The molecule has 0 atom stereocenters. The van der Waals surface area contributed by atoms with Gasteiger partial charge in [-0.2, -0.15) is 0 Å². The van der Waals surface area contributed by atoms with Gasteiger partial charge in [-0.25, -0.2) is 4.79 Å². The van der Waals surface area contributed by atoms with Crippen LogP contribution < -0.4 is 5.73 Å². The minimum absolute atomic E-state index is 0.0721. The molecule has 4 heteroatoms. The van der Waals surface area contributed by atoms with Gasteiger partial charge in [-0.1, -0.05) is 19.8 Å². The van der Waals surface area contributed by atoms with Crippen molar-refractivity contribution in [3.63, 3.8) is 0 Å². The Hall–Kier alpha value is -0.770. The first-order valence-electron chi connectivity index (χ1n) is 6.26. The van der Waals surface area contributed by atoms with E-state index >= 15 is 0 Å². The third-order valence-electron chi connectivity index (χ3n) is 3.55. The summed E-state index contributed by atoms with van der Waals surface area (Å²) in [6, 6.07) is 0.106. The lowest BCUT2D eigenvalue weighted by Crippen LogP contribution is -2.57. The van der Waals surface area contributed by atoms with Crippen LogP contribution in [0.3, 0.4) is 0 Å². The van der Waals surface area contributed by atoms with Crippen LogP contribution in [0.1, 0.15) is 39.0 Å². The summed E-state index contributed by atoms with van der Waals surface area (Å²) >= 11 is 0. The molecular weight excluding hydrogens is 202 g/mol. The Kier molecular flexibility index (Phi) is 4.59. The Labute approximate surface area is 98.8 Å². The largest absolute Gasteiger partial charge is 0.331 e. The topological polar surface area (TPSA) is 49.6 Å². The lowest BCUT2D eigenvalue weighted by Gasteiger charge is -2.41. The second kappa shape index (κ2) is 5.53. The maximum atomic E-state index is 12.2. The fourth-order valence-electron chi connectivity index (χ4n) is 2.62. The molecule has 0 aliphatic heterocycles. The molecule has 2 N–H and O–H groups in total. The second-order valence-electron chi connectivity index (χ2n) is 4.96. The molecule has 1 aliphatic carbocycles. The molecule has 1 fully saturated rings. The van der Waals surface area contributed by atoms with Crippen molar-refractivity contribution < 1.29 is 4.79 Å². The smallest absolute Gasteiger partial charge is 0.319 e. The first-order chi connectivity index (χ1) is 7.57. The van der Waals surface area contributed by atoms with Gasteiger partial charge in [0.2, 0.25) is 0 Å². The lowest BCUT2D eigenvalue weighted by atomic mass is 9.95. The van der Waals surface area contributed by atoms with Gasteiger partial charge in [0, 0.05) is 27.2 Å². The van der Waals surface area contributed by atoms with Gasteiger partial charge in [0.05, 0.1) is 5.54 Å². The molecule has 0 aromatic heterocycles. The van der Waals surface area contributed by atoms with E-state index in [1.54, 1.807) is 4.90 Å². The quantitative estimate of drug-likeness (QED) is 0.794. The monoisotopic (exact) mass is 227 g/mol. The zero-order valence-electron chi connectivity index (χ0n) is 10.8. The number of nitrogens with two attached hydrogens (primary N) is 1. The van der Waals surface area contributed by atoms with Gasteiger partial charge >= 0.3 is 6.03 Å². The molecule has 0 saturated heterocycles. The molecule has 4 nitrogen and oxygen atoms in total. The van der Waals surface area contributed by atoms with Crippen molar-refractivity contribution in [1.82, 2.24) is 9.80 Å². The van der Waals surface area contributed by atoms with Crippen molar-refractivity contribution >= 4 is 6.03 Å². The molecule has 0 radical (unpaired) electrons. The number of urea groups is 1. The highest BCUT2D eigenvalue weighted by atomic mass is 16.2. The Morgan fingerprint density at radius 2 is 1.88 bits per heavy atom. The van der Waals surface area contributed by atoms with Crippen LogP contribution in [0.15, 0.2) is 0 Å². The second-order valence-corrected chi connectivity index (χ2v) is 4.96. The predicted molar refractivity (Wildman–Crippen MR) is 66.3 cm³/mol. The minimum Gasteiger partial charge on any atom is -0.331 e. The number of carbonyl (C=O) groups is 1. The van der Waals surface area contributed by atoms with E-state index in [-0.39, 0.29) is 11.6 Å². The minimum atomic E-state index is -0.0721. The molecular formula is C12H25N3O. The Bertz CT molecular complexity index is 234. The summed E-state index contributed by atoms with van der Waals surface area (Å²) in [5, 5.41) is 0.